The molecular formula is C17H13N3. The first kappa shape index (κ1) is 12.2. The molecule has 0 aliphatic rings. The van der Waals surface area contributed by atoms with Gasteiger partial charge in [-0.25, -0.2) is 0 Å². The molecule has 0 saturated carbocycles. The predicted molar refractivity (Wildman–Crippen MR) is 80.2 cm³/mol. The van der Waals surface area contributed by atoms with Crippen molar-refractivity contribution in [2.24, 2.45) is 0 Å². The SMILES string of the molecule is N#Cc1cccc(NCc2ccc3cnccc3c2)c1. The molecule has 2 aromatic carbocycles. The molecule has 0 bridgehead atoms. The van der Waals surface area contributed by atoms with Crippen LogP contribution in [0.1, 0.15) is 11.1 Å². The smallest absolute Gasteiger partial charge is 0.0992 e. The van der Waals surface area contributed by atoms with Gasteiger partial charge in [-0.2, -0.15) is 5.26 Å². The van der Waals surface area contributed by atoms with Crippen molar-refractivity contribution in [1.29, 1.82) is 5.26 Å². The largest absolute Gasteiger partial charge is 0.381 e. The molecule has 0 fully saturated rings. The van der Waals surface area contributed by atoms with Crippen molar-refractivity contribution in [2.75, 3.05) is 5.32 Å². The monoisotopic (exact) mass is 259 g/mol. The summed E-state index contributed by atoms with van der Waals surface area (Å²) in [4.78, 5) is 4.11. The van der Waals surface area contributed by atoms with E-state index in [1.165, 1.54) is 10.9 Å². The number of hydrogen-bond donors (Lipinski definition) is 1. The summed E-state index contributed by atoms with van der Waals surface area (Å²) < 4.78 is 0. The van der Waals surface area contributed by atoms with Crippen molar-refractivity contribution in [2.45, 2.75) is 6.54 Å². The highest BCUT2D eigenvalue weighted by atomic mass is 14.9. The molecular weight excluding hydrogens is 246 g/mol. The van der Waals surface area contributed by atoms with Crippen LogP contribution < -0.4 is 5.32 Å². The van der Waals surface area contributed by atoms with Gasteiger partial charge in [0, 0.05) is 30.0 Å². The van der Waals surface area contributed by atoms with Crippen LogP contribution in [0.25, 0.3) is 10.8 Å². The standard InChI is InChI=1S/C17H13N3/c18-10-13-2-1-3-17(9-13)20-11-14-4-5-16-12-19-7-6-15(16)8-14/h1-9,12,20H,11H2. The number of nitrogens with zero attached hydrogens (tertiary/aromatic N) is 2. The molecule has 0 aliphatic carbocycles. The highest BCUT2D eigenvalue weighted by molar-refractivity contribution is 5.82. The van der Waals surface area contributed by atoms with Crippen molar-refractivity contribution in [3.63, 3.8) is 0 Å². The molecule has 0 atom stereocenters. The van der Waals surface area contributed by atoms with Gasteiger partial charge in [-0.15, -0.1) is 0 Å². The molecule has 0 spiro atoms. The van der Waals surface area contributed by atoms with Crippen LogP contribution in [0.5, 0.6) is 0 Å². The minimum atomic E-state index is 0.666. The highest BCUT2D eigenvalue weighted by Crippen LogP contribution is 2.16. The van der Waals surface area contributed by atoms with Gasteiger partial charge in [-0.05, 0) is 41.3 Å². The lowest BCUT2D eigenvalue weighted by Crippen LogP contribution is -1.99. The van der Waals surface area contributed by atoms with E-state index < -0.39 is 0 Å². The van der Waals surface area contributed by atoms with Crippen LogP contribution in [-0.2, 0) is 6.54 Å². The summed E-state index contributed by atoms with van der Waals surface area (Å²) in [5, 5.41) is 14.5. The molecule has 3 nitrogen and oxygen atoms in total. The number of hydrogen-bond acceptors (Lipinski definition) is 3. The van der Waals surface area contributed by atoms with E-state index in [0.29, 0.717) is 5.56 Å². The number of anilines is 1. The fourth-order valence-electron chi connectivity index (χ4n) is 2.15. The van der Waals surface area contributed by atoms with E-state index >= 15 is 0 Å². The predicted octanol–water partition coefficient (Wildman–Crippen LogP) is 3.72. The first-order valence-corrected chi connectivity index (χ1v) is 6.42. The third-order valence-corrected chi connectivity index (χ3v) is 3.19. The van der Waals surface area contributed by atoms with E-state index in [2.05, 4.69) is 34.6 Å². The van der Waals surface area contributed by atoms with Crippen LogP contribution in [0.2, 0.25) is 0 Å². The van der Waals surface area contributed by atoms with Crippen molar-refractivity contribution in [3.05, 3.63) is 72.1 Å². The lowest BCUT2D eigenvalue weighted by Gasteiger charge is -2.07. The van der Waals surface area contributed by atoms with Gasteiger partial charge in [-0.1, -0.05) is 18.2 Å². The molecule has 96 valence electrons. The maximum absolute atomic E-state index is 8.88. The number of fused-ring (bicyclic) bond motifs is 1. The minimum Gasteiger partial charge on any atom is -0.381 e. The Labute approximate surface area is 117 Å². The maximum Gasteiger partial charge on any atom is 0.0992 e. The molecule has 20 heavy (non-hydrogen) atoms. The number of nitriles is 1. The Hall–Kier alpha value is -2.86. The maximum atomic E-state index is 8.88. The number of benzene rings is 2. The van der Waals surface area contributed by atoms with Crippen molar-refractivity contribution in [3.8, 4) is 6.07 Å². The van der Waals surface area contributed by atoms with Crippen LogP contribution in [0.3, 0.4) is 0 Å². The quantitative estimate of drug-likeness (QED) is 0.779. The minimum absolute atomic E-state index is 0.666. The zero-order chi connectivity index (χ0) is 13.8. The zero-order valence-electron chi connectivity index (χ0n) is 10.9. The van der Waals surface area contributed by atoms with Crippen LogP contribution in [-0.4, -0.2) is 4.98 Å². The molecule has 0 unspecified atom stereocenters. The van der Waals surface area contributed by atoms with E-state index in [1.54, 1.807) is 12.3 Å². The van der Waals surface area contributed by atoms with E-state index in [4.69, 9.17) is 5.26 Å². The summed E-state index contributed by atoms with van der Waals surface area (Å²) in [6.07, 6.45) is 3.67. The molecule has 0 saturated heterocycles. The summed E-state index contributed by atoms with van der Waals surface area (Å²) in [6, 6.07) is 18.0. The molecule has 3 heteroatoms. The molecule has 0 aliphatic heterocycles. The average Bonchev–Trinajstić information content (AvgIpc) is 2.53. The average molecular weight is 259 g/mol. The molecule has 3 aromatic rings. The van der Waals surface area contributed by atoms with Gasteiger partial charge in [-0.3, -0.25) is 4.98 Å². The van der Waals surface area contributed by atoms with Crippen LogP contribution >= 0.6 is 0 Å². The third kappa shape index (κ3) is 2.60. The highest BCUT2D eigenvalue weighted by Gasteiger charge is 1.98. The van der Waals surface area contributed by atoms with E-state index in [1.807, 2.05) is 30.5 Å². The van der Waals surface area contributed by atoms with Gasteiger partial charge in [0.15, 0.2) is 0 Å². The Kier molecular flexibility index (Phi) is 3.30. The number of aromatic nitrogens is 1. The zero-order valence-corrected chi connectivity index (χ0v) is 10.9. The Balaban J connectivity index is 1.78. The summed E-state index contributed by atoms with van der Waals surface area (Å²) in [5.41, 5.74) is 2.82. The van der Waals surface area contributed by atoms with Crippen LogP contribution in [0.4, 0.5) is 5.69 Å². The summed E-state index contributed by atoms with van der Waals surface area (Å²) in [7, 11) is 0. The van der Waals surface area contributed by atoms with E-state index in [0.717, 1.165) is 17.6 Å². The van der Waals surface area contributed by atoms with Crippen molar-refractivity contribution in [1.82, 2.24) is 4.98 Å². The van der Waals surface area contributed by atoms with Gasteiger partial charge in [0.05, 0.1) is 11.6 Å². The Morgan fingerprint density at radius 2 is 2.00 bits per heavy atom. The van der Waals surface area contributed by atoms with Crippen LogP contribution in [0.15, 0.2) is 60.9 Å². The summed E-state index contributed by atoms with van der Waals surface area (Å²) in [6.45, 7) is 0.729. The molecule has 1 aromatic heterocycles. The Morgan fingerprint density at radius 3 is 2.90 bits per heavy atom. The first-order chi connectivity index (χ1) is 9.85. The summed E-state index contributed by atoms with van der Waals surface area (Å²) >= 11 is 0. The van der Waals surface area contributed by atoms with Crippen molar-refractivity contribution >= 4 is 16.5 Å². The fraction of sp³-hybridized carbons (Fsp3) is 0.0588. The summed E-state index contributed by atoms with van der Waals surface area (Å²) in [5.74, 6) is 0. The second-order valence-corrected chi connectivity index (χ2v) is 4.60. The van der Waals surface area contributed by atoms with Crippen LogP contribution in [0, 0.1) is 11.3 Å². The van der Waals surface area contributed by atoms with E-state index in [-0.39, 0.29) is 0 Å². The lowest BCUT2D eigenvalue weighted by molar-refractivity contribution is 1.15. The fourth-order valence-corrected chi connectivity index (χ4v) is 2.15. The van der Waals surface area contributed by atoms with E-state index in [9.17, 15) is 0 Å². The number of rotatable bonds is 3. The topological polar surface area (TPSA) is 48.7 Å². The van der Waals surface area contributed by atoms with Gasteiger partial charge in [0.1, 0.15) is 0 Å². The van der Waals surface area contributed by atoms with Gasteiger partial charge < -0.3 is 5.32 Å². The second kappa shape index (κ2) is 5.41. The number of nitrogens with one attached hydrogen (secondary N) is 1. The number of pyridine rings is 1. The normalized spacial score (nSPS) is 10.2. The Bertz CT molecular complexity index is 787. The van der Waals surface area contributed by atoms with Gasteiger partial charge >= 0.3 is 0 Å². The van der Waals surface area contributed by atoms with Gasteiger partial charge in [0.2, 0.25) is 0 Å². The van der Waals surface area contributed by atoms with Gasteiger partial charge in [0.25, 0.3) is 0 Å². The second-order valence-electron chi connectivity index (χ2n) is 4.60. The van der Waals surface area contributed by atoms with Crippen molar-refractivity contribution < 1.29 is 0 Å². The molecule has 0 radical (unpaired) electrons. The lowest BCUT2D eigenvalue weighted by atomic mass is 10.1. The molecule has 3 rings (SSSR count). The first-order valence-electron chi connectivity index (χ1n) is 6.42. The molecule has 1 N–H and O–H groups in total. The molecule has 1 heterocycles. The third-order valence-electron chi connectivity index (χ3n) is 3.19. The molecule has 0 amide bonds. The Morgan fingerprint density at radius 1 is 1.05 bits per heavy atom.